The first-order chi connectivity index (χ1) is 16.4. The maximum absolute atomic E-state index is 13.2. The maximum Gasteiger partial charge on any atom is 0.211 e. The number of benzene rings is 2. The number of anilines is 3. The first kappa shape index (κ1) is 22.2. The summed E-state index contributed by atoms with van der Waals surface area (Å²) in [4.78, 5) is 8.80. The Hall–Kier alpha value is -5.03. The van der Waals surface area contributed by atoms with Gasteiger partial charge < -0.3 is 26.3 Å². The molecular weight excluding hydrogens is 439 g/mol. The Kier molecular flexibility index (Phi) is 6.01. The van der Waals surface area contributed by atoms with Gasteiger partial charge in [0.25, 0.3) is 0 Å². The number of nitrogens with two attached hydrogens (primary N) is 2. The largest absolute Gasteiger partial charge is 0.496 e. The number of rotatable bonds is 5. The molecule has 2 heterocycles. The molecule has 0 radical (unpaired) electrons. The molecule has 0 spiro atoms. The molecule has 1 aliphatic rings. The minimum atomic E-state index is -0.706. The molecule has 1 aliphatic heterocycles. The fourth-order valence-corrected chi connectivity index (χ4v) is 3.60. The van der Waals surface area contributed by atoms with E-state index in [1.165, 1.54) is 31.4 Å². The van der Waals surface area contributed by atoms with Gasteiger partial charge in [-0.15, -0.1) is 0 Å². The summed E-state index contributed by atoms with van der Waals surface area (Å²) in [5.74, 6) is 1.09. The monoisotopic (exact) mass is 458 g/mol. The number of guanidine groups is 1. The highest BCUT2D eigenvalue weighted by Gasteiger charge is 2.30. The summed E-state index contributed by atoms with van der Waals surface area (Å²) < 4.78 is 24.4. The molecule has 0 saturated carbocycles. The lowest BCUT2D eigenvalue weighted by atomic mass is 9.94. The number of halogens is 1. The molecule has 1 atom stereocenters. The number of nitrogens with zero attached hydrogens (tertiary/aromatic N) is 4. The molecule has 0 amide bonds. The minimum Gasteiger partial charge on any atom is -0.496 e. The summed E-state index contributed by atoms with van der Waals surface area (Å²) in [7, 11) is 1.53. The number of nitrogen functional groups attached to an aromatic ring is 2. The molecule has 3 aromatic rings. The van der Waals surface area contributed by atoms with Crippen molar-refractivity contribution in [1.82, 2.24) is 10.3 Å². The van der Waals surface area contributed by atoms with Crippen LogP contribution in [0.15, 0.2) is 47.5 Å². The topological polar surface area (TPSA) is 167 Å². The van der Waals surface area contributed by atoms with Crippen LogP contribution in [0.1, 0.15) is 28.3 Å². The average molecular weight is 458 g/mol. The van der Waals surface area contributed by atoms with E-state index in [1.807, 2.05) is 18.3 Å². The van der Waals surface area contributed by atoms with Gasteiger partial charge in [0.05, 0.1) is 12.8 Å². The average Bonchev–Trinajstić information content (AvgIpc) is 2.83. The Balaban J connectivity index is 1.77. The fraction of sp³-hybridized carbons (Fsp3) is 0.130. The summed E-state index contributed by atoms with van der Waals surface area (Å²) in [5.41, 5.74) is 14.2. The van der Waals surface area contributed by atoms with E-state index in [2.05, 4.69) is 20.6 Å². The number of pyridine rings is 1. The van der Waals surface area contributed by atoms with Gasteiger partial charge in [-0.2, -0.15) is 10.5 Å². The molecular formula is C23H19FN8O2. The number of aromatic nitrogens is 1. The van der Waals surface area contributed by atoms with Crippen LogP contribution in [0.4, 0.5) is 21.7 Å². The normalized spacial score (nSPS) is 14.0. The van der Waals surface area contributed by atoms with Gasteiger partial charge in [-0.1, -0.05) is 6.07 Å². The molecule has 0 bridgehead atoms. The van der Waals surface area contributed by atoms with Gasteiger partial charge in [-0.25, -0.2) is 14.4 Å². The highest BCUT2D eigenvalue weighted by molar-refractivity contribution is 5.98. The van der Waals surface area contributed by atoms with Crippen LogP contribution in [-0.2, 0) is 6.61 Å². The van der Waals surface area contributed by atoms with Gasteiger partial charge in [0.1, 0.15) is 53.2 Å². The van der Waals surface area contributed by atoms with E-state index in [9.17, 15) is 9.65 Å². The molecule has 10 nitrogen and oxygen atoms in total. The standard InChI is InChI=1S/C23H19FN8O2/c1-33-17-7-2-12(8-13(17)10-34-15-5-3-14(24)4-6-15)20-18-19(27)16(9-25)21(28)31-22(18)32-23(30-20)29-11-26/h2-8,20H,10H2,1H3,(H6,27,28,29,30,31,32). The van der Waals surface area contributed by atoms with Crippen molar-refractivity contribution in [1.29, 1.82) is 10.5 Å². The van der Waals surface area contributed by atoms with Gasteiger partial charge in [0.2, 0.25) is 5.96 Å². The molecule has 1 aromatic heterocycles. The van der Waals surface area contributed by atoms with E-state index in [-0.39, 0.29) is 41.3 Å². The Morgan fingerprint density at radius 1 is 1.18 bits per heavy atom. The number of fused-ring (bicyclic) bond motifs is 1. The maximum atomic E-state index is 13.2. The number of nitriles is 2. The smallest absolute Gasteiger partial charge is 0.211 e. The van der Waals surface area contributed by atoms with Gasteiger partial charge in [0, 0.05) is 11.1 Å². The third kappa shape index (κ3) is 4.18. The second-order valence-corrected chi connectivity index (χ2v) is 7.22. The van der Waals surface area contributed by atoms with E-state index < -0.39 is 6.04 Å². The lowest BCUT2D eigenvalue weighted by Gasteiger charge is -2.26. The van der Waals surface area contributed by atoms with E-state index in [1.54, 1.807) is 12.1 Å². The SMILES string of the molecule is COc1ccc(C2N=C(NC#N)Nc3nc(N)c(C#N)c(N)c32)cc1COc1ccc(F)cc1. The molecule has 170 valence electrons. The van der Waals surface area contributed by atoms with Crippen LogP contribution in [0.5, 0.6) is 11.5 Å². The Bertz CT molecular complexity index is 1360. The number of hydrogen-bond donors (Lipinski definition) is 4. The van der Waals surface area contributed by atoms with Crippen molar-refractivity contribution in [3.05, 3.63) is 70.5 Å². The Labute approximate surface area is 194 Å². The molecule has 0 fully saturated rings. The van der Waals surface area contributed by atoms with Crippen LogP contribution in [0.2, 0.25) is 0 Å². The van der Waals surface area contributed by atoms with Crippen molar-refractivity contribution in [2.45, 2.75) is 12.6 Å². The van der Waals surface area contributed by atoms with Gasteiger partial charge in [-0.3, -0.25) is 5.32 Å². The number of aliphatic imine (C=N–C) groups is 1. The molecule has 1 unspecified atom stereocenters. The van der Waals surface area contributed by atoms with Gasteiger partial charge in [-0.05, 0) is 42.0 Å². The van der Waals surface area contributed by atoms with Crippen LogP contribution < -0.4 is 31.6 Å². The van der Waals surface area contributed by atoms with E-state index in [4.69, 9.17) is 26.2 Å². The molecule has 2 aromatic carbocycles. The third-order valence-corrected chi connectivity index (χ3v) is 5.19. The van der Waals surface area contributed by atoms with Crippen LogP contribution >= 0.6 is 0 Å². The second-order valence-electron chi connectivity index (χ2n) is 7.22. The first-order valence-corrected chi connectivity index (χ1v) is 9.99. The van der Waals surface area contributed by atoms with Crippen molar-refractivity contribution < 1.29 is 13.9 Å². The van der Waals surface area contributed by atoms with Crippen LogP contribution in [0.3, 0.4) is 0 Å². The van der Waals surface area contributed by atoms with Crippen molar-refractivity contribution in [3.63, 3.8) is 0 Å². The summed E-state index contributed by atoms with van der Waals surface area (Å²) in [6.07, 6.45) is 1.81. The van der Waals surface area contributed by atoms with Crippen LogP contribution in [0.25, 0.3) is 0 Å². The molecule has 0 saturated heterocycles. The van der Waals surface area contributed by atoms with Crippen molar-refractivity contribution in [3.8, 4) is 23.8 Å². The number of nitrogens with one attached hydrogen (secondary N) is 2. The Morgan fingerprint density at radius 2 is 1.94 bits per heavy atom. The zero-order chi connectivity index (χ0) is 24.2. The summed E-state index contributed by atoms with van der Waals surface area (Å²) in [6.45, 7) is 0.131. The summed E-state index contributed by atoms with van der Waals surface area (Å²) in [6, 6.07) is 12.3. The molecule has 0 aliphatic carbocycles. The minimum absolute atomic E-state index is 0.0358. The molecule has 4 rings (SSSR count). The van der Waals surface area contributed by atoms with Crippen molar-refractivity contribution >= 4 is 23.3 Å². The van der Waals surface area contributed by atoms with E-state index in [0.717, 1.165) is 0 Å². The van der Waals surface area contributed by atoms with E-state index >= 15 is 0 Å². The van der Waals surface area contributed by atoms with Crippen LogP contribution in [-0.4, -0.2) is 18.1 Å². The highest BCUT2D eigenvalue weighted by Crippen LogP contribution is 2.41. The van der Waals surface area contributed by atoms with E-state index in [0.29, 0.717) is 28.2 Å². The fourth-order valence-electron chi connectivity index (χ4n) is 3.60. The van der Waals surface area contributed by atoms with Crippen molar-refractivity contribution in [2.24, 2.45) is 4.99 Å². The third-order valence-electron chi connectivity index (χ3n) is 5.19. The van der Waals surface area contributed by atoms with Gasteiger partial charge in [0.15, 0.2) is 6.19 Å². The summed E-state index contributed by atoms with van der Waals surface area (Å²) in [5, 5.41) is 23.9. The predicted octanol–water partition coefficient (Wildman–Crippen LogP) is 2.79. The van der Waals surface area contributed by atoms with Crippen LogP contribution in [0, 0.1) is 28.6 Å². The number of ether oxygens (including phenoxy) is 2. The number of methoxy groups -OCH3 is 1. The lowest BCUT2D eigenvalue weighted by molar-refractivity contribution is 0.296. The molecule has 34 heavy (non-hydrogen) atoms. The summed E-state index contributed by atoms with van der Waals surface area (Å²) >= 11 is 0. The Morgan fingerprint density at radius 3 is 2.62 bits per heavy atom. The zero-order valence-electron chi connectivity index (χ0n) is 18.0. The second kappa shape index (κ2) is 9.22. The van der Waals surface area contributed by atoms with Crippen molar-refractivity contribution in [2.75, 3.05) is 23.9 Å². The zero-order valence-corrected chi connectivity index (χ0v) is 18.0. The lowest BCUT2D eigenvalue weighted by Crippen LogP contribution is -2.32. The predicted molar refractivity (Wildman–Crippen MR) is 123 cm³/mol. The highest BCUT2D eigenvalue weighted by atomic mass is 19.1. The van der Waals surface area contributed by atoms with Gasteiger partial charge >= 0.3 is 0 Å². The molecule has 6 N–H and O–H groups in total. The first-order valence-electron chi connectivity index (χ1n) is 9.99. The quantitative estimate of drug-likeness (QED) is 0.332. The molecule has 11 heteroatoms. The number of hydrogen-bond acceptors (Lipinski definition) is 10.